The number of anilines is 2. The minimum atomic E-state index is -4.36. The van der Waals surface area contributed by atoms with E-state index in [0.29, 0.717) is 5.52 Å². The third-order valence-electron chi connectivity index (χ3n) is 6.90. The molecule has 2 N–H and O–H groups in total. The maximum Gasteiger partial charge on any atom is 0.416 e. The highest BCUT2D eigenvalue weighted by atomic mass is 32.2. The van der Waals surface area contributed by atoms with Crippen molar-refractivity contribution in [3.8, 4) is 5.69 Å². The molecule has 1 aliphatic heterocycles. The Morgan fingerprint density at radius 1 is 0.923 bits per heavy atom. The topological polar surface area (TPSA) is 58.0 Å². The number of halogens is 3. The average Bonchev–Trinajstić information content (AvgIpc) is 3.49. The van der Waals surface area contributed by atoms with Crippen molar-refractivity contribution in [3.63, 3.8) is 0 Å². The summed E-state index contributed by atoms with van der Waals surface area (Å²) in [5, 5.41) is 7.76. The molecule has 5 rings (SSSR count). The van der Waals surface area contributed by atoms with Crippen molar-refractivity contribution in [2.75, 3.05) is 48.7 Å². The van der Waals surface area contributed by atoms with Crippen molar-refractivity contribution >= 4 is 34.0 Å². The van der Waals surface area contributed by atoms with Gasteiger partial charge in [0.2, 0.25) is 0 Å². The Bertz CT molecular complexity index is 1350. The largest absolute Gasteiger partial charge is 0.416 e. The van der Waals surface area contributed by atoms with Crippen LogP contribution in [0.15, 0.2) is 72.3 Å². The molecule has 10 heteroatoms. The molecule has 3 heterocycles. The maximum atomic E-state index is 13.0. The molecular formula is C29H33F3N6S. The van der Waals surface area contributed by atoms with Gasteiger partial charge >= 0.3 is 6.18 Å². The van der Waals surface area contributed by atoms with Crippen LogP contribution >= 0.6 is 11.8 Å². The molecule has 0 aliphatic carbocycles. The SMILES string of the molecule is FC(F)(F)c1ccc2c(SCCCCCCNc3ccc(N4CCNCC4)c(-n4ccnc4)c3)ccnc2c1. The van der Waals surface area contributed by atoms with Gasteiger partial charge in [-0.2, -0.15) is 13.2 Å². The second kappa shape index (κ2) is 12.7. The fourth-order valence-electron chi connectivity index (χ4n) is 4.83. The lowest BCUT2D eigenvalue weighted by Crippen LogP contribution is -2.43. The number of pyridine rings is 1. The highest BCUT2D eigenvalue weighted by Gasteiger charge is 2.30. The number of aromatic nitrogens is 3. The quantitative estimate of drug-likeness (QED) is 0.161. The van der Waals surface area contributed by atoms with E-state index in [1.807, 2.05) is 18.6 Å². The number of unbranched alkanes of at least 4 members (excludes halogenated alkanes) is 3. The molecular weight excluding hydrogens is 521 g/mol. The van der Waals surface area contributed by atoms with Crippen LogP contribution in [-0.2, 0) is 6.18 Å². The molecule has 206 valence electrons. The van der Waals surface area contributed by atoms with Gasteiger partial charge in [0.1, 0.15) is 0 Å². The van der Waals surface area contributed by atoms with Crippen LogP contribution < -0.4 is 15.5 Å². The summed E-state index contributed by atoms with van der Waals surface area (Å²) in [6, 6.07) is 12.2. The molecule has 39 heavy (non-hydrogen) atoms. The second-order valence-corrected chi connectivity index (χ2v) is 10.8. The monoisotopic (exact) mass is 554 g/mol. The third-order valence-corrected chi connectivity index (χ3v) is 8.06. The Hall–Kier alpha value is -3.24. The Balaban J connectivity index is 1.07. The number of hydrogen-bond donors (Lipinski definition) is 2. The first-order valence-corrected chi connectivity index (χ1v) is 14.4. The van der Waals surface area contributed by atoms with Crippen LogP contribution in [0.4, 0.5) is 24.5 Å². The molecule has 0 spiro atoms. The van der Waals surface area contributed by atoms with Crippen molar-refractivity contribution in [1.82, 2.24) is 19.9 Å². The minimum absolute atomic E-state index is 0.387. The van der Waals surface area contributed by atoms with Crippen LogP contribution in [0.5, 0.6) is 0 Å². The average molecular weight is 555 g/mol. The summed E-state index contributed by atoms with van der Waals surface area (Å²) in [6.07, 6.45) is 7.22. The zero-order chi connectivity index (χ0) is 27.1. The van der Waals surface area contributed by atoms with Gasteiger partial charge in [-0.25, -0.2) is 4.98 Å². The maximum absolute atomic E-state index is 13.0. The number of nitrogens with zero attached hydrogens (tertiary/aromatic N) is 4. The van der Waals surface area contributed by atoms with Crippen LogP contribution in [0.25, 0.3) is 16.6 Å². The normalized spacial score (nSPS) is 14.2. The molecule has 6 nitrogen and oxygen atoms in total. The number of piperazine rings is 1. The lowest BCUT2D eigenvalue weighted by atomic mass is 10.1. The van der Waals surface area contributed by atoms with Gasteiger partial charge in [-0.15, -0.1) is 11.8 Å². The standard InChI is InChI=1S/C29H33F3N6S/c30-29(31,32)22-5-7-24-25(19-22)36-11-9-28(24)39-18-4-2-1-3-10-35-23-6-8-26(37-15-12-33-13-16-37)27(20-23)38-17-14-34-21-38/h5-9,11,14,17,19-21,33,35H,1-4,10,12-13,15-16,18H2. The van der Waals surface area contributed by atoms with Crippen LogP contribution in [-0.4, -0.2) is 53.0 Å². The minimum Gasteiger partial charge on any atom is -0.385 e. The highest BCUT2D eigenvalue weighted by Crippen LogP contribution is 2.34. The molecule has 0 bridgehead atoms. The fraction of sp³-hybridized carbons (Fsp3) is 0.379. The summed E-state index contributed by atoms with van der Waals surface area (Å²) in [7, 11) is 0. The third kappa shape index (κ3) is 7.05. The Morgan fingerprint density at radius 3 is 2.56 bits per heavy atom. The molecule has 0 amide bonds. The molecule has 0 unspecified atom stereocenters. The van der Waals surface area contributed by atoms with Crippen molar-refractivity contribution in [2.45, 2.75) is 36.8 Å². The molecule has 1 fully saturated rings. The summed E-state index contributed by atoms with van der Waals surface area (Å²) in [4.78, 5) is 11.8. The van der Waals surface area contributed by atoms with Crippen LogP contribution in [0.2, 0.25) is 0 Å². The first-order valence-electron chi connectivity index (χ1n) is 13.4. The van der Waals surface area contributed by atoms with Crippen LogP contribution in [0, 0.1) is 0 Å². The van der Waals surface area contributed by atoms with Gasteiger partial charge in [-0.1, -0.05) is 18.9 Å². The fourth-order valence-corrected chi connectivity index (χ4v) is 5.89. The summed E-state index contributed by atoms with van der Waals surface area (Å²) in [6.45, 7) is 4.86. The zero-order valence-electron chi connectivity index (χ0n) is 21.8. The number of benzene rings is 2. The lowest BCUT2D eigenvalue weighted by molar-refractivity contribution is -0.137. The van der Waals surface area contributed by atoms with Gasteiger partial charge in [-0.05, 0) is 55.0 Å². The number of fused-ring (bicyclic) bond motifs is 1. The first-order chi connectivity index (χ1) is 19.0. The smallest absolute Gasteiger partial charge is 0.385 e. The summed E-state index contributed by atoms with van der Waals surface area (Å²) in [5.74, 6) is 0.926. The Kier molecular flexibility index (Phi) is 8.93. The van der Waals surface area contributed by atoms with Crippen LogP contribution in [0.3, 0.4) is 0 Å². The lowest BCUT2D eigenvalue weighted by Gasteiger charge is -2.31. The predicted octanol–water partition coefficient (Wildman–Crippen LogP) is 6.61. The molecule has 2 aromatic heterocycles. The number of nitrogens with one attached hydrogen (secondary N) is 2. The zero-order valence-corrected chi connectivity index (χ0v) is 22.6. The van der Waals surface area contributed by atoms with Gasteiger partial charge in [0, 0.05) is 67.3 Å². The van der Waals surface area contributed by atoms with Gasteiger partial charge in [0.15, 0.2) is 0 Å². The summed E-state index contributed by atoms with van der Waals surface area (Å²) in [5.41, 5.74) is 3.19. The van der Waals surface area contributed by atoms with E-state index in [1.165, 1.54) is 11.8 Å². The molecule has 1 saturated heterocycles. The number of imidazole rings is 1. The predicted molar refractivity (Wildman–Crippen MR) is 153 cm³/mol. The van der Waals surface area contributed by atoms with Crippen molar-refractivity contribution in [3.05, 3.63) is 72.9 Å². The van der Waals surface area contributed by atoms with E-state index in [0.717, 1.165) is 97.9 Å². The van der Waals surface area contributed by atoms with Gasteiger partial charge in [0.05, 0.1) is 28.8 Å². The number of hydrogen-bond acceptors (Lipinski definition) is 6. The molecule has 0 radical (unpaired) electrons. The first kappa shape index (κ1) is 27.3. The van der Waals surface area contributed by atoms with Crippen LogP contribution in [0.1, 0.15) is 31.2 Å². The molecule has 0 atom stereocenters. The van der Waals surface area contributed by atoms with E-state index >= 15 is 0 Å². The summed E-state index contributed by atoms with van der Waals surface area (Å²) >= 11 is 1.68. The van der Waals surface area contributed by atoms with Gasteiger partial charge in [0.25, 0.3) is 0 Å². The van der Waals surface area contributed by atoms with Crippen molar-refractivity contribution in [2.24, 2.45) is 0 Å². The molecule has 0 saturated carbocycles. The van der Waals surface area contributed by atoms with E-state index in [2.05, 4.69) is 48.3 Å². The number of thioether (sulfide) groups is 1. The molecule has 4 aromatic rings. The number of alkyl halides is 3. The Labute approximate surface area is 231 Å². The van der Waals surface area contributed by atoms with E-state index in [1.54, 1.807) is 24.2 Å². The highest BCUT2D eigenvalue weighted by molar-refractivity contribution is 7.99. The van der Waals surface area contributed by atoms with E-state index < -0.39 is 11.7 Å². The van der Waals surface area contributed by atoms with E-state index in [4.69, 9.17) is 0 Å². The molecule has 2 aromatic carbocycles. The van der Waals surface area contributed by atoms with Crippen molar-refractivity contribution < 1.29 is 13.2 Å². The van der Waals surface area contributed by atoms with Crippen molar-refractivity contribution in [1.29, 1.82) is 0 Å². The molecule has 1 aliphatic rings. The Morgan fingerprint density at radius 2 is 1.77 bits per heavy atom. The summed E-state index contributed by atoms with van der Waals surface area (Å²) < 4.78 is 41.1. The second-order valence-electron chi connectivity index (χ2n) is 9.64. The number of rotatable bonds is 11. The van der Waals surface area contributed by atoms with Gasteiger partial charge < -0.3 is 20.1 Å². The van der Waals surface area contributed by atoms with E-state index in [9.17, 15) is 13.2 Å². The van der Waals surface area contributed by atoms with E-state index in [-0.39, 0.29) is 0 Å². The van der Waals surface area contributed by atoms with Gasteiger partial charge in [-0.3, -0.25) is 4.98 Å².